The van der Waals surface area contributed by atoms with Gasteiger partial charge < -0.3 is 14.5 Å². The zero-order chi connectivity index (χ0) is 26.7. The number of hydrogen-bond acceptors (Lipinski definition) is 7. The second-order valence-electron chi connectivity index (χ2n) is 10.3. The third-order valence-corrected chi connectivity index (χ3v) is 7.34. The average Bonchev–Trinajstić information content (AvgIpc) is 2.90. The van der Waals surface area contributed by atoms with Crippen molar-refractivity contribution in [1.29, 1.82) is 0 Å². The number of benzene rings is 1. The summed E-state index contributed by atoms with van der Waals surface area (Å²) < 4.78 is 49.0. The Morgan fingerprint density at radius 2 is 1.79 bits per heavy atom. The van der Waals surface area contributed by atoms with Gasteiger partial charge >= 0.3 is 6.01 Å². The Morgan fingerprint density at radius 1 is 1.05 bits per heavy atom. The Hall–Kier alpha value is -2.69. The van der Waals surface area contributed by atoms with Crippen molar-refractivity contribution in [2.24, 2.45) is 5.92 Å². The summed E-state index contributed by atoms with van der Waals surface area (Å²) in [6.07, 6.45) is 1.44. The standard InChI is InChI=1S/C27H32ClF3N6O/c1-19(15-35-10-12-36(13-11-35)16-20-6-3-2-4-7-20)17-38-26-33-23-21(14-32-24(28)22(23)29)25(34-26)37-9-5-8-27(30,31)18-37/h2-4,6-7,14,19H,5,8-13,15-18H2,1H3/t19-/m1/s1. The van der Waals surface area contributed by atoms with Crippen LogP contribution < -0.4 is 9.64 Å². The molecular formula is C27H32ClF3N6O. The first-order chi connectivity index (χ1) is 18.3. The van der Waals surface area contributed by atoms with Crippen LogP contribution in [-0.4, -0.2) is 83.1 Å². The van der Waals surface area contributed by atoms with Gasteiger partial charge in [-0.3, -0.25) is 4.90 Å². The number of aromatic nitrogens is 3. The van der Waals surface area contributed by atoms with E-state index in [1.165, 1.54) is 16.7 Å². The number of alkyl halides is 2. The van der Waals surface area contributed by atoms with Crippen molar-refractivity contribution < 1.29 is 17.9 Å². The Balaban J connectivity index is 1.22. The Labute approximate surface area is 225 Å². The molecule has 1 aromatic carbocycles. The predicted octanol–water partition coefficient (Wildman–Crippen LogP) is 4.89. The molecule has 0 amide bonds. The van der Waals surface area contributed by atoms with E-state index in [1.54, 1.807) is 0 Å². The number of ether oxygens (including phenoxy) is 1. The molecule has 2 aromatic heterocycles. The number of hydrogen-bond donors (Lipinski definition) is 0. The van der Waals surface area contributed by atoms with Crippen molar-refractivity contribution in [2.75, 3.05) is 57.3 Å². The first-order valence-corrected chi connectivity index (χ1v) is 13.4. The molecule has 0 radical (unpaired) electrons. The lowest BCUT2D eigenvalue weighted by Gasteiger charge is -2.36. The van der Waals surface area contributed by atoms with Crippen molar-refractivity contribution >= 4 is 28.3 Å². The third kappa shape index (κ3) is 6.47. The first-order valence-electron chi connectivity index (χ1n) is 13.0. The highest BCUT2D eigenvalue weighted by Crippen LogP contribution is 2.34. The van der Waals surface area contributed by atoms with Crippen LogP contribution in [0.3, 0.4) is 0 Å². The molecule has 38 heavy (non-hydrogen) atoms. The number of fused-ring (bicyclic) bond motifs is 1. The van der Waals surface area contributed by atoms with Gasteiger partial charge in [-0.15, -0.1) is 0 Å². The summed E-state index contributed by atoms with van der Waals surface area (Å²) in [7, 11) is 0. The molecule has 0 N–H and O–H groups in total. The molecule has 0 saturated carbocycles. The minimum Gasteiger partial charge on any atom is -0.463 e. The summed E-state index contributed by atoms with van der Waals surface area (Å²) in [6.45, 7) is 7.96. The van der Waals surface area contributed by atoms with E-state index in [2.05, 4.69) is 55.9 Å². The summed E-state index contributed by atoms with van der Waals surface area (Å²) in [6, 6.07) is 10.4. The van der Waals surface area contributed by atoms with Crippen LogP contribution in [-0.2, 0) is 6.54 Å². The number of piperazine rings is 1. The summed E-state index contributed by atoms with van der Waals surface area (Å²) >= 11 is 5.89. The van der Waals surface area contributed by atoms with Gasteiger partial charge in [-0.25, -0.2) is 18.2 Å². The van der Waals surface area contributed by atoms with Gasteiger partial charge in [0.25, 0.3) is 5.92 Å². The normalized spacial score (nSPS) is 19.6. The van der Waals surface area contributed by atoms with Crippen molar-refractivity contribution in [3.05, 3.63) is 53.1 Å². The fourth-order valence-electron chi connectivity index (χ4n) is 5.13. The molecule has 2 aliphatic heterocycles. The van der Waals surface area contributed by atoms with Gasteiger partial charge in [-0.05, 0) is 12.0 Å². The molecule has 2 fully saturated rings. The van der Waals surface area contributed by atoms with Gasteiger partial charge in [0.1, 0.15) is 11.3 Å². The van der Waals surface area contributed by atoms with Crippen molar-refractivity contribution in [3.63, 3.8) is 0 Å². The Bertz CT molecular complexity index is 1240. The van der Waals surface area contributed by atoms with E-state index in [-0.39, 0.29) is 40.2 Å². The molecule has 4 heterocycles. The average molecular weight is 549 g/mol. The largest absolute Gasteiger partial charge is 0.463 e. The van der Waals surface area contributed by atoms with E-state index in [0.29, 0.717) is 19.6 Å². The molecule has 0 spiro atoms. The van der Waals surface area contributed by atoms with Crippen LogP contribution in [0.5, 0.6) is 6.01 Å². The highest BCUT2D eigenvalue weighted by molar-refractivity contribution is 6.30. The second-order valence-corrected chi connectivity index (χ2v) is 10.7. The van der Waals surface area contributed by atoms with Gasteiger partial charge in [0.05, 0.1) is 18.5 Å². The van der Waals surface area contributed by atoms with Crippen LogP contribution in [0, 0.1) is 11.7 Å². The van der Waals surface area contributed by atoms with Crippen LogP contribution in [0.15, 0.2) is 36.5 Å². The van der Waals surface area contributed by atoms with E-state index >= 15 is 0 Å². The topological polar surface area (TPSA) is 57.6 Å². The Kier molecular flexibility index (Phi) is 8.20. The fourth-order valence-corrected chi connectivity index (χ4v) is 5.27. The van der Waals surface area contributed by atoms with Crippen LogP contribution in [0.1, 0.15) is 25.3 Å². The van der Waals surface area contributed by atoms with Gasteiger partial charge in [0.15, 0.2) is 11.0 Å². The lowest BCUT2D eigenvalue weighted by Crippen LogP contribution is -2.47. The highest BCUT2D eigenvalue weighted by Gasteiger charge is 2.36. The SMILES string of the molecule is C[C@@H](COc1nc(N2CCCC(F)(F)C2)c2cnc(Cl)c(F)c2n1)CN1CCN(Cc2ccccc2)CC1. The van der Waals surface area contributed by atoms with E-state index in [1.807, 2.05) is 6.07 Å². The number of nitrogens with zero attached hydrogens (tertiary/aromatic N) is 6. The highest BCUT2D eigenvalue weighted by atomic mass is 35.5. The minimum absolute atomic E-state index is 0.0536. The van der Waals surface area contributed by atoms with Crippen LogP contribution in [0.2, 0.25) is 5.15 Å². The van der Waals surface area contributed by atoms with E-state index in [9.17, 15) is 13.2 Å². The second kappa shape index (κ2) is 11.6. The zero-order valence-corrected chi connectivity index (χ0v) is 22.2. The molecule has 3 aromatic rings. The summed E-state index contributed by atoms with van der Waals surface area (Å²) in [5.41, 5.74) is 1.24. The van der Waals surface area contributed by atoms with Gasteiger partial charge in [-0.2, -0.15) is 9.97 Å². The monoisotopic (exact) mass is 548 g/mol. The van der Waals surface area contributed by atoms with Crippen LogP contribution in [0.25, 0.3) is 10.9 Å². The van der Waals surface area contributed by atoms with Gasteiger partial charge in [0.2, 0.25) is 0 Å². The molecule has 0 aliphatic carbocycles. The number of piperidine rings is 1. The van der Waals surface area contributed by atoms with Gasteiger partial charge in [-0.1, -0.05) is 48.9 Å². The summed E-state index contributed by atoms with van der Waals surface area (Å²) in [5.74, 6) is -3.32. The lowest BCUT2D eigenvalue weighted by atomic mass is 10.1. The predicted molar refractivity (Wildman–Crippen MR) is 142 cm³/mol. The van der Waals surface area contributed by atoms with Crippen molar-refractivity contribution in [2.45, 2.75) is 32.2 Å². The number of pyridine rings is 1. The minimum atomic E-state index is -2.85. The molecule has 204 valence electrons. The van der Waals surface area contributed by atoms with E-state index in [0.717, 1.165) is 39.3 Å². The van der Waals surface area contributed by atoms with Crippen molar-refractivity contribution in [3.8, 4) is 6.01 Å². The molecule has 2 saturated heterocycles. The third-order valence-electron chi connectivity index (χ3n) is 7.07. The van der Waals surface area contributed by atoms with Crippen LogP contribution in [0.4, 0.5) is 19.0 Å². The quantitative estimate of drug-likeness (QED) is 0.372. The molecule has 0 bridgehead atoms. The van der Waals surface area contributed by atoms with Crippen LogP contribution >= 0.6 is 11.6 Å². The zero-order valence-electron chi connectivity index (χ0n) is 21.4. The molecular weight excluding hydrogens is 517 g/mol. The maximum Gasteiger partial charge on any atom is 0.319 e. The smallest absolute Gasteiger partial charge is 0.319 e. The number of rotatable bonds is 8. The molecule has 5 rings (SSSR count). The maximum absolute atomic E-state index is 14.8. The van der Waals surface area contributed by atoms with E-state index < -0.39 is 18.3 Å². The molecule has 7 nitrogen and oxygen atoms in total. The van der Waals surface area contributed by atoms with Gasteiger partial charge in [0, 0.05) is 64.3 Å². The number of anilines is 1. The molecule has 1 atom stereocenters. The fraction of sp³-hybridized carbons (Fsp3) is 0.519. The summed E-state index contributed by atoms with van der Waals surface area (Å²) in [4.78, 5) is 18.8. The van der Waals surface area contributed by atoms with E-state index in [4.69, 9.17) is 16.3 Å². The molecule has 2 aliphatic rings. The summed E-state index contributed by atoms with van der Waals surface area (Å²) in [5, 5.41) is -0.102. The Morgan fingerprint density at radius 3 is 2.53 bits per heavy atom. The van der Waals surface area contributed by atoms with Crippen molar-refractivity contribution in [1.82, 2.24) is 24.8 Å². The molecule has 11 heteroatoms. The number of halogens is 4. The molecule has 0 unspecified atom stereocenters. The lowest BCUT2D eigenvalue weighted by molar-refractivity contribution is -0.0118. The first kappa shape index (κ1) is 26.9. The maximum atomic E-state index is 14.8.